The average Bonchev–Trinajstić information content (AvgIpc) is 2.53. The van der Waals surface area contributed by atoms with E-state index in [0.717, 1.165) is 24.9 Å². The maximum absolute atomic E-state index is 12.4. The van der Waals surface area contributed by atoms with Crippen LogP contribution in [0, 0.1) is 5.92 Å². The SMILES string of the molecule is CC(C)(N)CNC(=O)C1CCCN(C(=O)Cc2ccccc2)C1. The number of rotatable bonds is 5. The molecule has 0 saturated carbocycles. The van der Waals surface area contributed by atoms with Gasteiger partial charge in [0.15, 0.2) is 0 Å². The maximum Gasteiger partial charge on any atom is 0.227 e. The summed E-state index contributed by atoms with van der Waals surface area (Å²) in [5, 5.41) is 2.90. The first kappa shape index (κ1) is 17.5. The summed E-state index contributed by atoms with van der Waals surface area (Å²) in [5.41, 5.74) is 6.48. The number of likely N-dealkylation sites (tertiary alicyclic amines) is 1. The number of nitrogens with two attached hydrogens (primary N) is 1. The molecule has 0 bridgehead atoms. The van der Waals surface area contributed by atoms with Gasteiger partial charge in [0.2, 0.25) is 11.8 Å². The summed E-state index contributed by atoms with van der Waals surface area (Å²) in [5.74, 6) is -0.0422. The molecular formula is C18H27N3O2. The van der Waals surface area contributed by atoms with E-state index in [1.807, 2.05) is 49.1 Å². The second-order valence-corrected chi connectivity index (χ2v) is 7.05. The first-order valence-electron chi connectivity index (χ1n) is 8.23. The van der Waals surface area contributed by atoms with Crippen LogP contribution in [0.2, 0.25) is 0 Å². The predicted octanol–water partition coefficient (Wildman–Crippen LogP) is 1.32. The van der Waals surface area contributed by atoms with E-state index in [4.69, 9.17) is 5.73 Å². The second-order valence-electron chi connectivity index (χ2n) is 7.05. The lowest BCUT2D eigenvalue weighted by Crippen LogP contribution is -2.50. The Kier molecular flexibility index (Phi) is 5.77. The third kappa shape index (κ3) is 5.67. The fourth-order valence-corrected chi connectivity index (χ4v) is 2.76. The minimum Gasteiger partial charge on any atom is -0.354 e. The quantitative estimate of drug-likeness (QED) is 0.860. The van der Waals surface area contributed by atoms with Gasteiger partial charge in [-0.1, -0.05) is 30.3 Å². The number of benzene rings is 1. The molecule has 2 rings (SSSR count). The van der Waals surface area contributed by atoms with Crippen LogP contribution in [0.25, 0.3) is 0 Å². The number of hydrogen-bond donors (Lipinski definition) is 2. The highest BCUT2D eigenvalue weighted by Gasteiger charge is 2.28. The van der Waals surface area contributed by atoms with Gasteiger partial charge in [-0.25, -0.2) is 0 Å². The van der Waals surface area contributed by atoms with E-state index >= 15 is 0 Å². The molecule has 1 aliphatic rings. The average molecular weight is 317 g/mol. The monoisotopic (exact) mass is 317 g/mol. The summed E-state index contributed by atoms with van der Waals surface area (Å²) >= 11 is 0. The van der Waals surface area contributed by atoms with Gasteiger partial charge < -0.3 is 16.0 Å². The smallest absolute Gasteiger partial charge is 0.227 e. The lowest BCUT2D eigenvalue weighted by Gasteiger charge is -2.32. The van der Waals surface area contributed by atoms with Crippen molar-refractivity contribution in [2.45, 2.75) is 38.6 Å². The zero-order chi connectivity index (χ0) is 16.9. The molecule has 3 N–H and O–H groups in total. The van der Waals surface area contributed by atoms with Crippen LogP contribution >= 0.6 is 0 Å². The highest BCUT2D eigenvalue weighted by atomic mass is 16.2. The Labute approximate surface area is 138 Å². The van der Waals surface area contributed by atoms with Gasteiger partial charge in [-0.2, -0.15) is 0 Å². The highest BCUT2D eigenvalue weighted by molar-refractivity contribution is 5.82. The highest BCUT2D eigenvalue weighted by Crippen LogP contribution is 2.18. The van der Waals surface area contributed by atoms with Crippen molar-refractivity contribution in [3.8, 4) is 0 Å². The zero-order valence-electron chi connectivity index (χ0n) is 14.0. The number of carbonyl (C=O) groups is 2. The summed E-state index contributed by atoms with van der Waals surface area (Å²) < 4.78 is 0. The van der Waals surface area contributed by atoms with E-state index in [2.05, 4.69) is 5.32 Å². The number of carbonyl (C=O) groups excluding carboxylic acids is 2. The van der Waals surface area contributed by atoms with Gasteiger partial charge in [-0.3, -0.25) is 9.59 Å². The van der Waals surface area contributed by atoms with Crippen molar-refractivity contribution >= 4 is 11.8 Å². The first-order chi connectivity index (χ1) is 10.8. The maximum atomic E-state index is 12.4. The molecule has 1 aliphatic heterocycles. The predicted molar refractivity (Wildman–Crippen MR) is 90.7 cm³/mol. The fraction of sp³-hybridized carbons (Fsp3) is 0.556. The van der Waals surface area contributed by atoms with E-state index in [1.54, 1.807) is 0 Å². The lowest BCUT2D eigenvalue weighted by atomic mass is 9.96. The van der Waals surface area contributed by atoms with E-state index in [1.165, 1.54) is 0 Å². The van der Waals surface area contributed by atoms with Crippen LogP contribution in [0.5, 0.6) is 0 Å². The molecule has 1 unspecified atom stereocenters. The van der Waals surface area contributed by atoms with Crippen molar-refractivity contribution in [1.82, 2.24) is 10.2 Å². The van der Waals surface area contributed by atoms with Gasteiger partial charge in [0, 0.05) is 25.2 Å². The molecule has 1 fully saturated rings. The van der Waals surface area contributed by atoms with Crippen molar-refractivity contribution in [2.75, 3.05) is 19.6 Å². The summed E-state index contributed by atoms with van der Waals surface area (Å²) in [4.78, 5) is 26.5. The van der Waals surface area contributed by atoms with Gasteiger partial charge in [0.05, 0.1) is 12.3 Å². The van der Waals surface area contributed by atoms with Gasteiger partial charge in [0.25, 0.3) is 0 Å². The molecule has 1 aromatic carbocycles. The molecule has 23 heavy (non-hydrogen) atoms. The van der Waals surface area contributed by atoms with Crippen molar-refractivity contribution in [2.24, 2.45) is 11.7 Å². The summed E-state index contributed by atoms with van der Waals surface area (Å²) in [6, 6.07) is 9.71. The fourth-order valence-electron chi connectivity index (χ4n) is 2.76. The Morgan fingerprint density at radius 3 is 2.65 bits per heavy atom. The normalized spacial score (nSPS) is 18.6. The second kappa shape index (κ2) is 7.59. The van der Waals surface area contributed by atoms with Crippen molar-refractivity contribution in [1.29, 1.82) is 0 Å². The molecule has 1 heterocycles. The third-order valence-corrected chi connectivity index (χ3v) is 4.06. The molecule has 2 amide bonds. The topological polar surface area (TPSA) is 75.4 Å². The Balaban J connectivity index is 1.87. The summed E-state index contributed by atoms with van der Waals surface area (Å²) in [6.07, 6.45) is 2.08. The van der Waals surface area contributed by atoms with Gasteiger partial charge in [-0.05, 0) is 32.3 Å². The van der Waals surface area contributed by atoms with Crippen molar-refractivity contribution in [3.63, 3.8) is 0 Å². The number of nitrogens with one attached hydrogen (secondary N) is 1. The molecule has 0 spiro atoms. The zero-order valence-corrected chi connectivity index (χ0v) is 14.0. The van der Waals surface area contributed by atoms with Crippen LogP contribution in [0.15, 0.2) is 30.3 Å². The Hall–Kier alpha value is -1.88. The summed E-state index contributed by atoms with van der Waals surface area (Å²) in [6.45, 7) is 5.44. The number of piperidine rings is 1. The Morgan fingerprint density at radius 2 is 2.00 bits per heavy atom. The standard InChI is InChI=1S/C18H27N3O2/c1-18(2,19)13-20-17(23)15-9-6-10-21(12-15)16(22)11-14-7-4-3-5-8-14/h3-5,7-8,15H,6,9-13,19H2,1-2H3,(H,20,23). The summed E-state index contributed by atoms with van der Waals surface area (Å²) in [7, 11) is 0. The minimum absolute atomic E-state index is 0.000682. The van der Waals surface area contributed by atoms with Crippen LogP contribution in [-0.4, -0.2) is 41.9 Å². The van der Waals surface area contributed by atoms with Crippen molar-refractivity contribution < 1.29 is 9.59 Å². The molecule has 0 radical (unpaired) electrons. The molecule has 0 aliphatic carbocycles. The molecule has 5 nitrogen and oxygen atoms in total. The molecule has 126 valence electrons. The largest absolute Gasteiger partial charge is 0.354 e. The number of hydrogen-bond acceptors (Lipinski definition) is 3. The third-order valence-electron chi connectivity index (χ3n) is 4.06. The molecule has 1 saturated heterocycles. The Morgan fingerprint density at radius 1 is 1.30 bits per heavy atom. The molecule has 1 atom stereocenters. The molecular weight excluding hydrogens is 290 g/mol. The molecule has 5 heteroatoms. The Bertz CT molecular complexity index is 537. The van der Waals surface area contributed by atoms with E-state index in [-0.39, 0.29) is 17.7 Å². The van der Waals surface area contributed by atoms with Crippen LogP contribution in [-0.2, 0) is 16.0 Å². The van der Waals surface area contributed by atoms with Crippen molar-refractivity contribution in [3.05, 3.63) is 35.9 Å². The van der Waals surface area contributed by atoms with Gasteiger partial charge >= 0.3 is 0 Å². The van der Waals surface area contributed by atoms with Crippen LogP contribution in [0.4, 0.5) is 0 Å². The van der Waals surface area contributed by atoms with E-state index < -0.39 is 5.54 Å². The van der Waals surface area contributed by atoms with Crippen LogP contribution < -0.4 is 11.1 Å². The lowest BCUT2D eigenvalue weighted by molar-refractivity contribution is -0.135. The number of amides is 2. The minimum atomic E-state index is -0.423. The van der Waals surface area contributed by atoms with Gasteiger partial charge in [0.1, 0.15) is 0 Å². The first-order valence-corrected chi connectivity index (χ1v) is 8.23. The molecule has 1 aromatic rings. The van der Waals surface area contributed by atoms with E-state index in [0.29, 0.717) is 19.5 Å². The van der Waals surface area contributed by atoms with E-state index in [9.17, 15) is 9.59 Å². The van der Waals surface area contributed by atoms with Crippen LogP contribution in [0.3, 0.4) is 0 Å². The molecule has 0 aromatic heterocycles. The number of nitrogens with zero attached hydrogens (tertiary/aromatic N) is 1. The van der Waals surface area contributed by atoms with Gasteiger partial charge in [-0.15, -0.1) is 0 Å². The van der Waals surface area contributed by atoms with Crippen LogP contribution in [0.1, 0.15) is 32.3 Å².